The number of nitrogens with one attached hydrogen (secondary N) is 1. The summed E-state index contributed by atoms with van der Waals surface area (Å²) in [6.07, 6.45) is 7.14. The highest BCUT2D eigenvalue weighted by molar-refractivity contribution is 5.91. The highest BCUT2D eigenvalue weighted by Gasteiger charge is 2.14. The van der Waals surface area contributed by atoms with Crippen LogP contribution in [-0.2, 0) is 14.4 Å². The summed E-state index contributed by atoms with van der Waals surface area (Å²) in [7, 11) is 4.20. The Balaban J connectivity index is -0.000000377. The molecule has 0 unspecified atom stereocenters. The van der Waals surface area contributed by atoms with Gasteiger partial charge in [0.25, 0.3) is 5.91 Å². The largest absolute Gasteiger partial charge is 1.00 e. The minimum Gasteiger partial charge on any atom is -1.00 e. The lowest BCUT2D eigenvalue weighted by atomic mass is 10.3. The topological polar surface area (TPSA) is 115 Å². The van der Waals surface area contributed by atoms with Crippen LogP contribution in [0.1, 0.15) is 26.7 Å². The van der Waals surface area contributed by atoms with Gasteiger partial charge in [0.05, 0.1) is 20.6 Å². The Morgan fingerprint density at radius 1 is 1.08 bits per heavy atom. The first kappa shape index (κ1) is 27.7. The van der Waals surface area contributed by atoms with Gasteiger partial charge >= 0.3 is 0 Å². The SMILES string of the molecule is C=C(C)C(=O)NC[N+](C)(C)CCC.NC(=O)C=CCC=CC(N)=O.[Cl-]. The second kappa shape index (κ2) is 15.4. The van der Waals surface area contributed by atoms with Gasteiger partial charge in [-0.15, -0.1) is 0 Å². The first-order valence-corrected chi connectivity index (χ1v) is 7.69. The Kier molecular flexibility index (Phi) is 17.1. The van der Waals surface area contributed by atoms with Gasteiger partial charge in [0.1, 0.15) is 0 Å². The molecule has 0 saturated heterocycles. The van der Waals surface area contributed by atoms with Crippen molar-refractivity contribution in [2.75, 3.05) is 27.3 Å². The summed E-state index contributed by atoms with van der Waals surface area (Å²) in [5.41, 5.74) is 10.2. The maximum Gasteiger partial charge on any atom is 0.250 e. The number of nitrogens with two attached hydrogens (primary N) is 2. The molecule has 0 aliphatic carbocycles. The number of carbonyl (C=O) groups is 3. The van der Waals surface area contributed by atoms with Crippen molar-refractivity contribution >= 4 is 17.7 Å². The van der Waals surface area contributed by atoms with Gasteiger partial charge in [0.15, 0.2) is 6.67 Å². The number of amides is 3. The first-order chi connectivity index (χ1) is 11.0. The highest BCUT2D eigenvalue weighted by Crippen LogP contribution is 1.97. The summed E-state index contributed by atoms with van der Waals surface area (Å²) in [5.74, 6) is -1.06. The van der Waals surface area contributed by atoms with Crippen LogP contribution in [0.25, 0.3) is 0 Å². The Bertz CT molecular complexity index is 478. The molecule has 0 rings (SSSR count). The molecule has 5 N–H and O–H groups in total. The maximum atomic E-state index is 11.2. The molecule has 8 heteroatoms. The number of rotatable bonds is 9. The molecule has 0 aromatic rings. The third-order valence-electron chi connectivity index (χ3n) is 2.72. The monoisotopic (exact) mass is 374 g/mol. The quantitative estimate of drug-likeness (QED) is 0.237. The predicted molar refractivity (Wildman–Crippen MR) is 96.4 cm³/mol. The van der Waals surface area contributed by atoms with Crippen LogP contribution in [0.4, 0.5) is 0 Å². The fourth-order valence-corrected chi connectivity index (χ4v) is 1.57. The zero-order valence-corrected chi connectivity index (χ0v) is 16.3. The summed E-state index contributed by atoms with van der Waals surface area (Å²) in [5, 5.41) is 2.84. The molecule has 0 aromatic heterocycles. The van der Waals surface area contributed by atoms with Crippen LogP contribution in [0.3, 0.4) is 0 Å². The second-order valence-corrected chi connectivity index (χ2v) is 5.95. The maximum absolute atomic E-state index is 11.2. The number of nitrogens with zero attached hydrogens (tertiary/aromatic N) is 1. The third kappa shape index (κ3) is 21.9. The Morgan fingerprint density at radius 2 is 1.52 bits per heavy atom. The number of allylic oxidation sites excluding steroid dienone is 2. The van der Waals surface area contributed by atoms with E-state index in [2.05, 4.69) is 32.9 Å². The van der Waals surface area contributed by atoms with Crippen molar-refractivity contribution < 1.29 is 31.3 Å². The van der Waals surface area contributed by atoms with E-state index in [1.807, 2.05) is 0 Å². The van der Waals surface area contributed by atoms with Gasteiger partial charge in [0.2, 0.25) is 11.8 Å². The number of hydrogen-bond acceptors (Lipinski definition) is 3. The van der Waals surface area contributed by atoms with Crippen LogP contribution in [0.15, 0.2) is 36.5 Å². The summed E-state index contributed by atoms with van der Waals surface area (Å²) >= 11 is 0. The Morgan fingerprint density at radius 3 is 1.84 bits per heavy atom. The molecule has 0 saturated carbocycles. The van der Waals surface area contributed by atoms with E-state index < -0.39 is 11.8 Å². The van der Waals surface area contributed by atoms with Gasteiger partial charge in [0, 0.05) is 5.57 Å². The highest BCUT2D eigenvalue weighted by atomic mass is 35.5. The summed E-state index contributed by atoms with van der Waals surface area (Å²) in [6, 6.07) is 0. The summed E-state index contributed by atoms with van der Waals surface area (Å²) in [6.45, 7) is 9.17. The molecule has 0 spiro atoms. The molecule has 3 amide bonds. The van der Waals surface area contributed by atoms with E-state index in [4.69, 9.17) is 11.5 Å². The van der Waals surface area contributed by atoms with E-state index in [0.29, 0.717) is 18.7 Å². The number of quaternary nitrogens is 1. The van der Waals surface area contributed by atoms with E-state index in [1.54, 1.807) is 19.1 Å². The lowest BCUT2D eigenvalue weighted by Crippen LogP contribution is -3.00. The predicted octanol–water partition coefficient (Wildman–Crippen LogP) is -2.41. The minimum atomic E-state index is -0.502. The van der Waals surface area contributed by atoms with Crippen molar-refractivity contribution in [3.63, 3.8) is 0 Å². The first-order valence-electron chi connectivity index (χ1n) is 7.69. The van der Waals surface area contributed by atoms with Gasteiger partial charge in [-0.3, -0.25) is 14.4 Å². The fourth-order valence-electron chi connectivity index (χ4n) is 1.57. The average molecular weight is 375 g/mol. The zero-order chi connectivity index (χ0) is 19.2. The van der Waals surface area contributed by atoms with Crippen LogP contribution >= 0.6 is 0 Å². The van der Waals surface area contributed by atoms with Crippen LogP contribution in [0.2, 0.25) is 0 Å². The molecule has 0 aromatic carbocycles. The molecule has 7 nitrogen and oxygen atoms in total. The smallest absolute Gasteiger partial charge is 0.250 e. The molecule has 0 heterocycles. The van der Waals surface area contributed by atoms with Gasteiger partial charge < -0.3 is 33.7 Å². The number of primary amides is 2. The van der Waals surface area contributed by atoms with Gasteiger partial charge in [-0.05, 0) is 31.9 Å². The lowest BCUT2D eigenvalue weighted by molar-refractivity contribution is -0.892. The van der Waals surface area contributed by atoms with Gasteiger partial charge in [-0.1, -0.05) is 25.7 Å². The molecular weight excluding hydrogens is 344 g/mol. The van der Waals surface area contributed by atoms with E-state index in [1.165, 1.54) is 12.2 Å². The molecular formula is C17H31ClN4O3. The molecule has 144 valence electrons. The van der Waals surface area contributed by atoms with Crippen LogP contribution in [0, 0.1) is 0 Å². The third-order valence-corrected chi connectivity index (χ3v) is 2.72. The van der Waals surface area contributed by atoms with E-state index in [-0.39, 0.29) is 18.3 Å². The van der Waals surface area contributed by atoms with Crippen LogP contribution in [-0.4, -0.2) is 49.5 Å². The van der Waals surface area contributed by atoms with Crippen molar-refractivity contribution in [1.82, 2.24) is 5.32 Å². The average Bonchev–Trinajstić information content (AvgIpc) is 2.44. The summed E-state index contributed by atoms with van der Waals surface area (Å²) in [4.78, 5) is 31.4. The number of carbonyl (C=O) groups excluding carboxylic acids is 3. The molecule has 25 heavy (non-hydrogen) atoms. The zero-order valence-electron chi connectivity index (χ0n) is 15.5. The Hall–Kier alpha value is -2.12. The van der Waals surface area contributed by atoms with Crippen LogP contribution in [0.5, 0.6) is 0 Å². The molecule has 0 radical (unpaired) electrons. The van der Waals surface area contributed by atoms with Gasteiger partial charge in [-0.2, -0.15) is 0 Å². The van der Waals surface area contributed by atoms with E-state index in [9.17, 15) is 14.4 Å². The normalized spacial score (nSPS) is 10.6. The van der Waals surface area contributed by atoms with Crippen molar-refractivity contribution in [3.05, 3.63) is 36.5 Å². The summed E-state index contributed by atoms with van der Waals surface area (Å²) < 4.78 is 0.815. The number of hydrogen-bond donors (Lipinski definition) is 3. The molecule has 0 aliphatic heterocycles. The van der Waals surface area contributed by atoms with E-state index in [0.717, 1.165) is 17.4 Å². The molecule has 0 aliphatic rings. The van der Waals surface area contributed by atoms with Crippen molar-refractivity contribution in [1.29, 1.82) is 0 Å². The standard InChI is InChI=1S/C10H20N2O.C7H10N2O2.ClH/c1-6-7-12(4,5)8-11-10(13)9(2)3;8-6(10)4-2-1-3-5-7(9)11;/h2,6-8H2,1,3-5H3;2-5H,1H2,(H2,8,10)(H2,9,11);1H. The fraction of sp³-hybridized carbons (Fsp3) is 0.471. The molecule has 0 atom stereocenters. The molecule has 0 fully saturated rings. The minimum absolute atomic E-state index is 0. The second-order valence-electron chi connectivity index (χ2n) is 5.95. The van der Waals surface area contributed by atoms with E-state index >= 15 is 0 Å². The van der Waals surface area contributed by atoms with Crippen LogP contribution < -0.4 is 29.2 Å². The van der Waals surface area contributed by atoms with Crippen molar-refractivity contribution in [2.24, 2.45) is 11.5 Å². The Labute approximate surface area is 156 Å². The van der Waals surface area contributed by atoms with Crippen molar-refractivity contribution in [3.8, 4) is 0 Å². The van der Waals surface area contributed by atoms with Gasteiger partial charge in [-0.25, -0.2) is 0 Å². The number of halogens is 1. The lowest BCUT2D eigenvalue weighted by Gasteiger charge is -2.29. The molecule has 0 bridgehead atoms. The van der Waals surface area contributed by atoms with Crippen molar-refractivity contribution in [2.45, 2.75) is 26.7 Å².